The van der Waals surface area contributed by atoms with Crippen LogP contribution in [0.5, 0.6) is 0 Å². The Balaban J connectivity index is 1.44. The Bertz CT molecular complexity index is 1840. The summed E-state index contributed by atoms with van der Waals surface area (Å²) in [7, 11) is -0.466. The Labute approximate surface area is 235 Å². The third-order valence-electron chi connectivity index (χ3n) is 8.51. The number of para-hydroxylation sites is 2. The summed E-state index contributed by atoms with van der Waals surface area (Å²) in [5.41, 5.74) is 8.53. The molecular formula is C36H31BO3. The molecule has 1 aliphatic heterocycles. The highest BCUT2D eigenvalue weighted by Crippen LogP contribution is 2.41. The van der Waals surface area contributed by atoms with Crippen molar-refractivity contribution >= 4 is 34.5 Å². The molecule has 4 heteroatoms. The first-order valence-corrected chi connectivity index (χ1v) is 13.9. The summed E-state index contributed by atoms with van der Waals surface area (Å²) in [5, 5.41) is 2.22. The van der Waals surface area contributed by atoms with Crippen LogP contribution in [0.25, 0.3) is 55.3 Å². The fraction of sp³-hybridized carbons (Fsp3) is 0.167. The molecule has 0 bridgehead atoms. The lowest BCUT2D eigenvalue weighted by molar-refractivity contribution is 0.00578. The van der Waals surface area contributed by atoms with E-state index in [0.717, 1.165) is 60.8 Å². The van der Waals surface area contributed by atoms with Crippen LogP contribution in [0.3, 0.4) is 0 Å². The van der Waals surface area contributed by atoms with Gasteiger partial charge in [-0.05, 0) is 61.5 Å². The van der Waals surface area contributed by atoms with Crippen molar-refractivity contribution in [2.75, 3.05) is 0 Å². The third-order valence-corrected chi connectivity index (χ3v) is 8.51. The summed E-state index contributed by atoms with van der Waals surface area (Å²) < 4.78 is 19.7. The lowest BCUT2D eigenvalue weighted by Gasteiger charge is -2.32. The molecule has 0 saturated carbocycles. The third kappa shape index (κ3) is 4.07. The molecule has 0 unspecified atom stereocenters. The van der Waals surface area contributed by atoms with Crippen LogP contribution in [0.15, 0.2) is 120 Å². The number of rotatable bonds is 4. The number of benzene rings is 5. The Morgan fingerprint density at radius 2 is 0.975 bits per heavy atom. The van der Waals surface area contributed by atoms with Gasteiger partial charge in [0.2, 0.25) is 0 Å². The first-order chi connectivity index (χ1) is 19.3. The fourth-order valence-corrected chi connectivity index (χ4v) is 5.61. The van der Waals surface area contributed by atoms with E-state index in [-0.39, 0.29) is 0 Å². The lowest BCUT2D eigenvalue weighted by Crippen LogP contribution is -2.41. The summed E-state index contributed by atoms with van der Waals surface area (Å²) >= 11 is 0. The molecule has 7 rings (SSSR count). The molecule has 40 heavy (non-hydrogen) atoms. The second-order valence-corrected chi connectivity index (χ2v) is 11.6. The highest BCUT2D eigenvalue weighted by molar-refractivity contribution is 6.62. The molecule has 6 aromatic rings. The maximum atomic E-state index is 6.74. The van der Waals surface area contributed by atoms with Gasteiger partial charge in [-0.1, -0.05) is 109 Å². The lowest BCUT2D eigenvalue weighted by atomic mass is 9.76. The Kier molecular flexibility index (Phi) is 5.74. The normalized spacial score (nSPS) is 16.1. The van der Waals surface area contributed by atoms with Crippen LogP contribution in [0.2, 0.25) is 0 Å². The summed E-state index contributed by atoms with van der Waals surface area (Å²) in [5.74, 6) is 0. The molecule has 1 fully saturated rings. The molecule has 1 saturated heterocycles. The highest BCUT2D eigenvalue weighted by Gasteiger charge is 2.51. The van der Waals surface area contributed by atoms with Gasteiger partial charge in [-0.25, -0.2) is 0 Å². The van der Waals surface area contributed by atoms with Crippen LogP contribution in [-0.2, 0) is 9.31 Å². The van der Waals surface area contributed by atoms with Gasteiger partial charge in [0, 0.05) is 21.9 Å². The van der Waals surface area contributed by atoms with E-state index in [1.165, 1.54) is 0 Å². The van der Waals surface area contributed by atoms with Crippen LogP contribution in [0.4, 0.5) is 0 Å². The SMILES string of the molecule is CC1(C)OB(c2cc(-c3ccccc3)cc(-c3cccc4c3oc3c(-c5ccccc5)cccc34)c2)OC1(C)C. The van der Waals surface area contributed by atoms with E-state index in [2.05, 4.69) is 131 Å². The van der Waals surface area contributed by atoms with Crippen molar-refractivity contribution < 1.29 is 13.7 Å². The van der Waals surface area contributed by atoms with Gasteiger partial charge in [-0.2, -0.15) is 0 Å². The van der Waals surface area contributed by atoms with E-state index < -0.39 is 18.3 Å². The predicted molar refractivity (Wildman–Crippen MR) is 166 cm³/mol. The Morgan fingerprint density at radius 1 is 0.475 bits per heavy atom. The molecule has 1 aromatic heterocycles. The minimum Gasteiger partial charge on any atom is -0.455 e. The van der Waals surface area contributed by atoms with Crippen molar-refractivity contribution in [1.82, 2.24) is 0 Å². The summed E-state index contributed by atoms with van der Waals surface area (Å²) in [4.78, 5) is 0. The van der Waals surface area contributed by atoms with Gasteiger partial charge < -0.3 is 13.7 Å². The van der Waals surface area contributed by atoms with Gasteiger partial charge in [-0.15, -0.1) is 0 Å². The largest absolute Gasteiger partial charge is 0.494 e. The highest BCUT2D eigenvalue weighted by atomic mass is 16.7. The van der Waals surface area contributed by atoms with Crippen LogP contribution < -0.4 is 5.46 Å². The smallest absolute Gasteiger partial charge is 0.455 e. The second-order valence-electron chi connectivity index (χ2n) is 11.6. The van der Waals surface area contributed by atoms with Crippen LogP contribution in [0.1, 0.15) is 27.7 Å². The van der Waals surface area contributed by atoms with Crippen LogP contribution >= 0.6 is 0 Å². The van der Waals surface area contributed by atoms with E-state index >= 15 is 0 Å². The van der Waals surface area contributed by atoms with E-state index in [0.29, 0.717) is 0 Å². The van der Waals surface area contributed by atoms with Gasteiger partial charge >= 0.3 is 7.12 Å². The van der Waals surface area contributed by atoms with Crippen molar-refractivity contribution in [3.8, 4) is 33.4 Å². The molecule has 196 valence electrons. The van der Waals surface area contributed by atoms with E-state index in [1.807, 2.05) is 12.1 Å². The van der Waals surface area contributed by atoms with E-state index in [4.69, 9.17) is 13.7 Å². The number of fused-ring (bicyclic) bond motifs is 3. The molecule has 0 atom stereocenters. The first kappa shape index (κ1) is 24.9. The molecule has 0 spiro atoms. The zero-order chi connectivity index (χ0) is 27.5. The average molecular weight is 522 g/mol. The van der Waals surface area contributed by atoms with Gasteiger partial charge in [0.1, 0.15) is 11.2 Å². The van der Waals surface area contributed by atoms with E-state index in [9.17, 15) is 0 Å². The van der Waals surface area contributed by atoms with Crippen molar-refractivity contribution in [3.63, 3.8) is 0 Å². The summed E-state index contributed by atoms with van der Waals surface area (Å²) in [6, 6.07) is 40.3. The van der Waals surface area contributed by atoms with Crippen molar-refractivity contribution in [2.24, 2.45) is 0 Å². The molecule has 5 aromatic carbocycles. The molecule has 0 radical (unpaired) electrons. The molecule has 3 nitrogen and oxygen atoms in total. The van der Waals surface area contributed by atoms with Gasteiger partial charge in [0.15, 0.2) is 0 Å². The first-order valence-electron chi connectivity index (χ1n) is 13.9. The van der Waals surface area contributed by atoms with E-state index in [1.54, 1.807) is 0 Å². The van der Waals surface area contributed by atoms with Crippen molar-refractivity contribution in [3.05, 3.63) is 115 Å². The van der Waals surface area contributed by atoms with Gasteiger partial charge in [0.25, 0.3) is 0 Å². The van der Waals surface area contributed by atoms with Gasteiger partial charge in [0.05, 0.1) is 11.2 Å². The number of furan rings is 1. The molecule has 0 N–H and O–H groups in total. The maximum Gasteiger partial charge on any atom is 0.494 e. The maximum absolute atomic E-state index is 6.74. The Morgan fingerprint density at radius 3 is 1.55 bits per heavy atom. The number of hydrogen-bond donors (Lipinski definition) is 0. The molecule has 1 aliphatic rings. The quantitative estimate of drug-likeness (QED) is 0.217. The topological polar surface area (TPSA) is 31.6 Å². The second kappa shape index (κ2) is 9.23. The minimum atomic E-state index is -0.466. The van der Waals surface area contributed by atoms with Crippen molar-refractivity contribution in [1.29, 1.82) is 0 Å². The average Bonchev–Trinajstić information content (AvgIpc) is 3.46. The molecule has 0 aliphatic carbocycles. The number of hydrogen-bond acceptors (Lipinski definition) is 3. The van der Waals surface area contributed by atoms with Crippen LogP contribution in [-0.4, -0.2) is 18.3 Å². The summed E-state index contributed by atoms with van der Waals surface area (Å²) in [6.07, 6.45) is 0. The zero-order valence-electron chi connectivity index (χ0n) is 23.3. The predicted octanol–water partition coefficient (Wildman–Crippen LogP) is 8.89. The Hall–Kier alpha value is -4.12. The summed E-state index contributed by atoms with van der Waals surface area (Å²) in [6.45, 7) is 8.37. The molecule has 0 amide bonds. The minimum absolute atomic E-state index is 0.423. The fourth-order valence-electron chi connectivity index (χ4n) is 5.61. The zero-order valence-corrected chi connectivity index (χ0v) is 23.3. The monoisotopic (exact) mass is 522 g/mol. The van der Waals surface area contributed by atoms with Crippen molar-refractivity contribution in [2.45, 2.75) is 38.9 Å². The molecular weight excluding hydrogens is 491 g/mol. The standard InChI is InChI=1S/C36H31BO3/c1-35(2)36(3,4)40-37(39-35)28-22-26(24-13-7-5-8-14-24)21-27(23-28)30-18-12-20-32-31-19-11-17-29(33(31)38-34(30)32)25-15-9-6-10-16-25/h5-23H,1-4H3. The molecule has 2 heterocycles. The van der Waals surface area contributed by atoms with Crippen LogP contribution in [0, 0.1) is 0 Å². The van der Waals surface area contributed by atoms with Gasteiger partial charge in [-0.3, -0.25) is 0 Å².